The molecule has 0 heterocycles. The van der Waals surface area contributed by atoms with Crippen molar-refractivity contribution in [2.75, 3.05) is 0 Å². The third kappa shape index (κ3) is 3.59. The van der Waals surface area contributed by atoms with Gasteiger partial charge >= 0.3 is 0 Å². The number of hydrogen-bond acceptors (Lipinski definition) is 2. The Morgan fingerprint density at radius 1 is 0.516 bits per heavy atom. The predicted molar refractivity (Wildman–Crippen MR) is 129 cm³/mol. The summed E-state index contributed by atoms with van der Waals surface area (Å²) in [5.41, 5.74) is 6.88. The van der Waals surface area contributed by atoms with Crippen molar-refractivity contribution in [2.24, 2.45) is 0 Å². The first kappa shape index (κ1) is 20.7. The van der Waals surface area contributed by atoms with E-state index >= 15 is 0 Å². The maximum Gasteiger partial charge on any atom is 0.123 e. The molecule has 2 nitrogen and oxygen atoms in total. The topological polar surface area (TPSA) is 40.5 Å². The first-order valence-corrected chi connectivity index (χ1v) is 10.6. The van der Waals surface area contributed by atoms with Crippen molar-refractivity contribution < 1.29 is 10.2 Å². The third-order valence-corrected chi connectivity index (χ3v) is 6.38. The minimum atomic E-state index is -0.575. The molecule has 0 aromatic heterocycles. The Balaban J connectivity index is 1.80. The Morgan fingerprint density at radius 3 is 1.23 bits per heavy atom. The molecule has 2 heteroatoms. The molecule has 0 aliphatic rings. The monoisotopic (exact) mass is 408 g/mol. The Morgan fingerprint density at radius 2 is 0.871 bits per heavy atom. The van der Waals surface area contributed by atoms with Gasteiger partial charge in [-0.15, -0.1) is 0 Å². The lowest BCUT2D eigenvalue weighted by molar-refractivity contribution is 0.432. The van der Waals surface area contributed by atoms with Gasteiger partial charge in [0.05, 0.1) is 0 Å². The van der Waals surface area contributed by atoms with Gasteiger partial charge in [-0.25, -0.2) is 0 Å². The van der Waals surface area contributed by atoms with Crippen LogP contribution >= 0.6 is 0 Å². The lowest BCUT2D eigenvalue weighted by atomic mass is 9.75. The molecule has 31 heavy (non-hydrogen) atoms. The molecule has 156 valence electrons. The fraction of sp³-hybridized carbons (Fsp3) is 0.172. The summed E-state index contributed by atoms with van der Waals surface area (Å²) in [4.78, 5) is 0. The fourth-order valence-electron chi connectivity index (χ4n) is 4.41. The van der Waals surface area contributed by atoms with Gasteiger partial charge in [-0.3, -0.25) is 0 Å². The lowest BCUT2D eigenvalue weighted by Crippen LogP contribution is -2.20. The normalized spacial score (nSPS) is 11.5. The maximum atomic E-state index is 11.1. The van der Waals surface area contributed by atoms with E-state index in [0.717, 1.165) is 44.5 Å². The minimum absolute atomic E-state index is 0.274. The van der Waals surface area contributed by atoms with Gasteiger partial charge in [0.2, 0.25) is 0 Å². The number of rotatable bonds is 4. The number of phenols is 2. The Kier molecular flexibility index (Phi) is 5.32. The molecule has 0 aliphatic carbocycles. The smallest absolute Gasteiger partial charge is 0.123 e. The lowest BCUT2D eigenvalue weighted by Gasteiger charge is -2.30. The highest BCUT2D eigenvalue weighted by Crippen LogP contribution is 2.46. The average Bonchev–Trinajstić information content (AvgIpc) is 2.78. The van der Waals surface area contributed by atoms with Gasteiger partial charge in [0.1, 0.15) is 11.5 Å². The van der Waals surface area contributed by atoms with Crippen molar-refractivity contribution in [1.29, 1.82) is 0 Å². The average molecular weight is 409 g/mol. The zero-order chi connectivity index (χ0) is 22.2. The van der Waals surface area contributed by atoms with Crippen LogP contribution in [0, 0.1) is 13.8 Å². The molecule has 4 aromatic carbocycles. The summed E-state index contributed by atoms with van der Waals surface area (Å²) < 4.78 is 0. The van der Waals surface area contributed by atoms with E-state index in [1.807, 2.05) is 100 Å². The van der Waals surface area contributed by atoms with E-state index < -0.39 is 5.41 Å². The summed E-state index contributed by atoms with van der Waals surface area (Å²) in [7, 11) is 0. The molecule has 0 unspecified atom stereocenters. The summed E-state index contributed by atoms with van der Waals surface area (Å²) >= 11 is 0. The van der Waals surface area contributed by atoms with E-state index in [9.17, 15) is 10.2 Å². The molecule has 0 radical (unpaired) electrons. The molecule has 0 aliphatic heterocycles. The van der Waals surface area contributed by atoms with E-state index in [-0.39, 0.29) is 11.5 Å². The third-order valence-electron chi connectivity index (χ3n) is 6.38. The van der Waals surface area contributed by atoms with Crippen LogP contribution in [0.2, 0.25) is 0 Å². The Hall–Kier alpha value is -3.52. The van der Waals surface area contributed by atoms with Gasteiger partial charge < -0.3 is 10.2 Å². The van der Waals surface area contributed by atoms with Gasteiger partial charge in [0.25, 0.3) is 0 Å². The Labute approximate surface area is 184 Å². The molecular weight excluding hydrogens is 380 g/mol. The van der Waals surface area contributed by atoms with Crippen LogP contribution in [0.25, 0.3) is 22.3 Å². The summed E-state index contributed by atoms with van der Waals surface area (Å²) in [6.45, 7) is 7.97. The van der Waals surface area contributed by atoms with E-state index in [0.29, 0.717) is 0 Å². The molecule has 0 bridgehead atoms. The largest absolute Gasteiger partial charge is 0.507 e. The Bertz CT molecular complexity index is 1130. The quantitative estimate of drug-likeness (QED) is 0.370. The zero-order valence-electron chi connectivity index (χ0n) is 18.5. The summed E-state index contributed by atoms with van der Waals surface area (Å²) in [5, 5.41) is 22.3. The number of phenolic OH excluding ortho intramolecular Hbond substituents is 2. The first-order valence-electron chi connectivity index (χ1n) is 10.6. The summed E-state index contributed by atoms with van der Waals surface area (Å²) in [5.74, 6) is 0.547. The molecule has 2 N–H and O–H groups in total. The predicted octanol–water partition coefficient (Wildman–Crippen LogP) is 7.37. The molecule has 4 aromatic rings. The highest BCUT2D eigenvalue weighted by atomic mass is 16.3. The van der Waals surface area contributed by atoms with Crippen LogP contribution in [0.4, 0.5) is 0 Å². The molecule has 0 atom stereocenters. The van der Waals surface area contributed by atoms with Crippen LogP contribution in [0.5, 0.6) is 11.5 Å². The van der Waals surface area contributed by atoms with Crippen LogP contribution in [0.15, 0.2) is 84.9 Å². The van der Waals surface area contributed by atoms with Crippen molar-refractivity contribution in [3.8, 4) is 33.8 Å². The van der Waals surface area contributed by atoms with E-state index in [2.05, 4.69) is 12.1 Å². The summed E-state index contributed by atoms with van der Waals surface area (Å²) in [6.07, 6.45) is 0. The molecular formula is C29H28O2. The highest BCUT2D eigenvalue weighted by Gasteiger charge is 2.31. The minimum Gasteiger partial charge on any atom is -0.507 e. The van der Waals surface area contributed by atoms with Crippen molar-refractivity contribution >= 4 is 0 Å². The number of benzene rings is 4. The molecule has 0 saturated heterocycles. The zero-order valence-corrected chi connectivity index (χ0v) is 18.5. The number of aromatic hydroxyl groups is 2. The van der Waals surface area contributed by atoms with Gasteiger partial charge in [0.15, 0.2) is 0 Å². The van der Waals surface area contributed by atoms with Crippen LogP contribution in [-0.4, -0.2) is 10.2 Å². The van der Waals surface area contributed by atoms with Crippen LogP contribution in [-0.2, 0) is 5.41 Å². The van der Waals surface area contributed by atoms with Crippen LogP contribution < -0.4 is 0 Å². The van der Waals surface area contributed by atoms with Gasteiger partial charge in [-0.1, -0.05) is 98.8 Å². The van der Waals surface area contributed by atoms with Crippen LogP contribution in [0.3, 0.4) is 0 Å². The highest BCUT2D eigenvalue weighted by molar-refractivity contribution is 5.74. The van der Waals surface area contributed by atoms with Crippen molar-refractivity contribution in [3.63, 3.8) is 0 Å². The fourth-order valence-corrected chi connectivity index (χ4v) is 4.41. The first-order chi connectivity index (χ1) is 14.8. The van der Waals surface area contributed by atoms with E-state index in [1.54, 1.807) is 0 Å². The molecule has 0 spiro atoms. The molecule has 0 amide bonds. The van der Waals surface area contributed by atoms with Gasteiger partial charge in [-0.05, 0) is 47.2 Å². The van der Waals surface area contributed by atoms with E-state index in [1.165, 1.54) is 0 Å². The van der Waals surface area contributed by atoms with Gasteiger partial charge in [0, 0.05) is 16.5 Å². The molecule has 0 saturated carbocycles. The maximum absolute atomic E-state index is 11.1. The standard InChI is InChI=1S/C29H28O2/c1-19-23(21-11-7-5-8-12-21)15-17-25(27(19)30)29(3,4)26-18-16-24(20(2)28(26)31)22-13-9-6-10-14-22/h5-18,30-31H,1-4H3. The van der Waals surface area contributed by atoms with Crippen molar-refractivity contribution in [2.45, 2.75) is 33.1 Å². The second-order valence-electron chi connectivity index (χ2n) is 8.63. The second kappa shape index (κ2) is 7.96. The van der Waals surface area contributed by atoms with E-state index in [4.69, 9.17) is 0 Å². The van der Waals surface area contributed by atoms with Crippen molar-refractivity contribution in [1.82, 2.24) is 0 Å². The second-order valence-corrected chi connectivity index (χ2v) is 8.63. The van der Waals surface area contributed by atoms with Crippen molar-refractivity contribution in [3.05, 3.63) is 107 Å². The SMILES string of the molecule is Cc1c(-c2ccccc2)ccc(C(C)(C)c2ccc(-c3ccccc3)c(C)c2O)c1O. The van der Waals surface area contributed by atoms with Crippen LogP contribution in [0.1, 0.15) is 36.1 Å². The number of hydrogen-bond donors (Lipinski definition) is 2. The van der Waals surface area contributed by atoms with Gasteiger partial charge in [-0.2, -0.15) is 0 Å². The molecule has 0 fully saturated rings. The summed E-state index contributed by atoms with van der Waals surface area (Å²) in [6, 6.07) is 28.2. The molecule has 4 rings (SSSR count).